The topological polar surface area (TPSA) is 71.4 Å². The number of aliphatic hydroxyl groups is 1. The van der Waals surface area contributed by atoms with Gasteiger partial charge in [-0.1, -0.05) is 0 Å². The third-order valence-electron chi connectivity index (χ3n) is 0.594. The van der Waals surface area contributed by atoms with Crippen LogP contribution >= 0.6 is 14.3 Å². The Labute approximate surface area is 73.1 Å². The van der Waals surface area contributed by atoms with Crippen molar-refractivity contribution in [3.63, 3.8) is 0 Å². The lowest BCUT2D eigenvalue weighted by Gasteiger charge is -1.95. The van der Waals surface area contributed by atoms with E-state index in [0.717, 1.165) is 0 Å². The minimum Gasteiger partial charge on any atom is -0.389 e. The zero-order chi connectivity index (χ0) is 10.4. The van der Waals surface area contributed by atoms with Crippen LogP contribution in [0.2, 0.25) is 0 Å². The van der Waals surface area contributed by atoms with E-state index < -0.39 is 14.3 Å². The fraction of sp³-hybridized carbons (Fsp3) is 0.833. The molecule has 0 aromatic rings. The van der Waals surface area contributed by atoms with Crippen LogP contribution in [0.5, 0.6) is 0 Å². The molecule has 0 aromatic carbocycles. The summed E-state index contributed by atoms with van der Waals surface area (Å²) >= 11 is 0. The van der Waals surface area contributed by atoms with Crippen molar-refractivity contribution in [1.29, 1.82) is 0 Å². The van der Waals surface area contributed by atoms with Gasteiger partial charge in [-0.05, 0) is 26.7 Å². The van der Waals surface area contributed by atoms with Crippen LogP contribution in [0.1, 0.15) is 0 Å². The normalized spacial score (nSPS) is 11.4. The molecule has 6 heteroatoms. The second-order valence-corrected chi connectivity index (χ2v) is 9.76. The second-order valence-electron chi connectivity index (χ2n) is 3.25. The van der Waals surface area contributed by atoms with Crippen molar-refractivity contribution >= 4 is 20.3 Å². The van der Waals surface area contributed by atoms with Gasteiger partial charge < -0.3 is 14.2 Å². The molecule has 0 fully saturated rings. The Kier molecular flexibility index (Phi) is 6.92. The predicted molar refractivity (Wildman–Crippen MR) is 52.7 cm³/mol. The fourth-order valence-corrected chi connectivity index (χ4v) is 0. The van der Waals surface area contributed by atoms with E-state index in [4.69, 9.17) is 5.11 Å². The smallest absolute Gasteiger partial charge is 0.178 e. The summed E-state index contributed by atoms with van der Waals surface area (Å²) in [6, 6.07) is 0.493. The maximum Gasteiger partial charge on any atom is 0.178 e. The molecule has 0 aliphatic heterocycles. The molecule has 0 saturated heterocycles. The maximum atomic E-state index is 10.3. The maximum absolute atomic E-state index is 10.3. The molecule has 0 aromatic heterocycles. The van der Waals surface area contributed by atoms with Crippen molar-refractivity contribution in [3.05, 3.63) is 0 Å². The van der Waals surface area contributed by atoms with Crippen molar-refractivity contribution in [1.82, 2.24) is 0 Å². The zero-order valence-corrected chi connectivity index (χ0v) is 9.64. The first-order valence-corrected chi connectivity index (χ1v) is 8.74. The molecule has 1 N–H and O–H groups in total. The lowest BCUT2D eigenvalue weighted by atomic mass is 11.7. The van der Waals surface area contributed by atoms with Crippen LogP contribution in [-0.2, 0) is 13.9 Å². The van der Waals surface area contributed by atoms with E-state index in [0.29, 0.717) is 6.03 Å². The van der Waals surface area contributed by atoms with Crippen LogP contribution < -0.4 is 0 Å². The Morgan fingerprint density at radius 1 is 1.17 bits per heavy atom. The molecule has 74 valence electrons. The Balaban J connectivity index is 0. The highest BCUT2D eigenvalue weighted by molar-refractivity contribution is 7.76. The van der Waals surface area contributed by atoms with Gasteiger partial charge in [0.1, 0.15) is 14.3 Å². The number of carbonyl (C=O) groups excluding carboxylic acids is 1. The molecule has 12 heavy (non-hydrogen) atoms. The quantitative estimate of drug-likeness (QED) is 0.556. The monoisotopic (exact) mass is 214 g/mol. The van der Waals surface area contributed by atoms with Crippen LogP contribution in [0.25, 0.3) is 0 Å². The van der Waals surface area contributed by atoms with Crippen LogP contribution in [0, 0.1) is 0 Å². The van der Waals surface area contributed by atoms with E-state index in [1.165, 1.54) is 13.3 Å². The summed E-state index contributed by atoms with van der Waals surface area (Å²) in [6.45, 7) is 5.96. The van der Waals surface area contributed by atoms with Crippen molar-refractivity contribution in [3.8, 4) is 0 Å². The van der Waals surface area contributed by atoms with Crippen molar-refractivity contribution in [2.75, 3.05) is 33.0 Å². The van der Waals surface area contributed by atoms with Crippen LogP contribution in [-0.4, -0.2) is 44.1 Å². The standard InChI is InChI=1S/C3H9O2P.C3H7O2P/c2*1-6(2,5)3-4/h4H,3H2,1-2H3;3H,1-2H3. The third kappa shape index (κ3) is 22.5. The molecule has 0 aliphatic carbocycles. The molecule has 4 nitrogen and oxygen atoms in total. The average molecular weight is 214 g/mol. The minimum atomic E-state index is -2.33. The number of carbonyl (C=O) groups is 1. The van der Waals surface area contributed by atoms with Gasteiger partial charge >= 0.3 is 0 Å². The summed E-state index contributed by atoms with van der Waals surface area (Å²) in [4.78, 5) is 9.56. The van der Waals surface area contributed by atoms with E-state index in [-0.39, 0.29) is 6.35 Å². The Morgan fingerprint density at radius 3 is 1.33 bits per heavy atom. The van der Waals surface area contributed by atoms with E-state index in [1.807, 2.05) is 0 Å². The zero-order valence-electron chi connectivity index (χ0n) is 7.85. The van der Waals surface area contributed by atoms with Crippen molar-refractivity contribution in [2.45, 2.75) is 0 Å². The molecular formula is C6H16O4P2. The van der Waals surface area contributed by atoms with Crippen LogP contribution in [0.4, 0.5) is 0 Å². The summed E-state index contributed by atoms with van der Waals surface area (Å²) in [5, 5.41) is 8.14. The van der Waals surface area contributed by atoms with E-state index in [9.17, 15) is 13.9 Å². The first-order chi connectivity index (χ1) is 5.12. The summed E-state index contributed by atoms with van der Waals surface area (Å²) < 4.78 is 20.5. The summed E-state index contributed by atoms with van der Waals surface area (Å²) in [7, 11) is -4.42. The molecule has 0 bridgehead atoms. The largest absolute Gasteiger partial charge is 0.389 e. The Hall–Kier alpha value is 0.0900. The molecule has 0 amide bonds. The Morgan fingerprint density at radius 2 is 1.33 bits per heavy atom. The highest BCUT2D eigenvalue weighted by atomic mass is 31.2. The number of hydrogen-bond acceptors (Lipinski definition) is 4. The van der Waals surface area contributed by atoms with Gasteiger partial charge in [0.15, 0.2) is 6.03 Å². The van der Waals surface area contributed by atoms with Gasteiger partial charge in [-0.15, -0.1) is 0 Å². The molecule has 0 atom stereocenters. The molecule has 0 heterocycles. The Bertz CT molecular complexity index is 212. The first kappa shape index (κ1) is 14.6. The number of hydrogen-bond donors (Lipinski definition) is 1. The van der Waals surface area contributed by atoms with Gasteiger partial charge in [0.25, 0.3) is 0 Å². The summed E-state index contributed by atoms with van der Waals surface area (Å²) in [5.74, 6) is 0. The fourth-order valence-electron chi connectivity index (χ4n) is 0. The predicted octanol–water partition coefficient (Wildman–Crippen LogP) is 1.36. The van der Waals surface area contributed by atoms with Crippen molar-refractivity contribution in [2.24, 2.45) is 0 Å². The van der Waals surface area contributed by atoms with Crippen molar-refractivity contribution < 1.29 is 19.0 Å². The minimum absolute atomic E-state index is 0.174. The molecule has 0 rings (SSSR count). The van der Waals surface area contributed by atoms with Gasteiger partial charge in [-0.3, -0.25) is 4.79 Å². The summed E-state index contributed by atoms with van der Waals surface area (Å²) in [5.41, 5.74) is 0. The molecule has 0 spiro atoms. The van der Waals surface area contributed by atoms with Gasteiger partial charge in [0, 0.05) is 0 Å². The van der Waals surface area contributed by atoms with E-state index in [2.05, 4.69) is 0 Å². The highest BCUT2D eigenvalue weighted by Gasteiger charge is 2.00. The second kappa shape index (κ2) is 5.69. The molecule has 0 aliphatic rings. The molecule has 0 unspecified atom stereocenters. The molecule has 0 radical (unpaired) electrons. The van der Waals surface area contributed by atoms with Crippen LogP contribution in [0.3, 0.4) is 0 Å². The molecular weight excluding hydrogens is 198 g/mol. The number of rotatable bonds is 2. The van der Waals surface area contributed by atoms with Gasteiger partial charge in [-0.25, -0.2) is 0 Å². The van der Waals surface area contributed by atoms with Gasteiger partial charge in [-0.2, -0.15) is 0 Å². The third-order valence-corrected chi connectivity index (χ3v) is 1.78. The highest BCUT2D eigenvalue weighted by Crippen LogP contribution is 2.33. The first-order valence-electron chi connectivity index (χ1n) is 3.28. The average Bonchev–Trinajstić information content (AvgIpc) is 1.86. The van der Waals surface area contributed by atoms with E-state index in [1.54, 1.807) is 13.3 Å². The lowest BCUT2D eigenvalue weighted by molar-refractivity contribution is 0.360. The SMILES string of the molecule is CP(C)(=O)C=O.CP(C)(=O)CO. The lowest BCUT2D eigenvalue weighted by Crippen LogP contribution is -1.79. The van der Waals surface area contributed by atoms with Crippen LogP contribution in [0.15, 0.2) is 0 Å². The summed E-state index contributed by atoms with van der Waals surface area (Å²) in [6.07, 6.45) is -0.174. The van der Waals surface area contributed by atoms with Gasteiger partial charge in [0.2, 0.25) is 0 Å². The van der Waals surface area contributed by atoms with E-state index >= 15 is 0 Å². The number of aliphatic hydroxyl groups excluding tert-OH is 1. The van der Waals surface area contributed by atoms with Gasteiger partial charge in [0.05, 0.1) is 6.35 Å². The molecule has 0 saturated carbocycles.